The van der Waals surface area contributed by atoms with Crippen LogP contribution in [0.5, 0.6) is 0 Å². The van der Waals surface area contributed by atoms with Gasteiger partial charge in [0.25, 0.3) is 0 Å². The molecule has 2 aromatic carbocycles. The fourth-order valence-electron chi connectivity index (χ4n) is 2.15. The second-order valence-corrected chi connectivity index (χ2v) is 5.03. The Balaban J connectivity index is 2.04. The molecule has 0 aliphatic heterocycles. The number of carbonyl (C=O) groups excluding carboxylic acids is 1. The average molecular weight is 298 g/mol. The molecule has 0 aliphatic rings. The summed E-state index contributed by atoms with van der Waals surface area (Å²) in [6, 6.07) is 17.2. The Labute approximate surface area is 127 Å². The molecule has 0 radical (unpaired) electrons. The minimum atomic E-state index is 0.355. The maximum Gasteiger partial charge on any atom is 0.172 e. The highest BCUT2D eigenvalue weighted by Crippen LogP contribution is 2.18. The lowest BCUT2D eigenvalue weighted by atomic mass is 10.1. The zero-order valence-electron chi connectivity index (χ0n) is 11.1. The molecule has 21 heavy (non-hydrogen) atoms. The number of halogens is 1. The molecular weight excluding hydrogens is 286 g/mol. The highest BCUT2D eigenvalue weighted by atomic mass is 35.5. The molecule has 0 aliphatic carbocycles. The van der Waals surface area contributed by atoms with Crippen LogP contribution in [0.4, 0.5) is 0 Å². The zero-order chi connectivity index (χ0) is 14.7. The maximum absolute atomic E-state index is 11.2. The third-order valence-corrected chi connectivity index (χ3v) is 3.44. The van der Waals surface area contributed by atoms with Crippen molar-refractivity contribution in [2.45, 2.75) is 6.42 Å². The lowest BCUT2D eigenvalue weighted by molar-refractivity contribution is 0.111. The highest BCUT2D eigenvalue weighted by Gasteiger charge is 2.14. The summed E-state index contributed by atoms with van der Waals surface area (Å²) in [7, 11) is 0. The first kappa shape index (κ1) is 13.5. The van der Waals surface area contributed by atoms with Crippen molar-refractivity contribution < 1.29 is 4.79 Å². The molecule has 0 spiro atoms. The van der Waals surface area contributed by atoms with Crippen LogP contribution in [0.2, 0.25) is 5.02 Å². The van der Waals surface area contributed by atoms with Crippen LogP contribution in [-0.2, 0) is 6.42 Å². The van der Waals surface area contributed by atoms with Crippen LogP contribution in [0, 0.1) is 0 Å². The summed E-state index contributed by atoms with van der Waals surface area (Å²) in [4.78, 5) is 11.2. The summed E-state index contributed by atoms with van der Waals surface area (Å²) in [5.74, 6) is 0. The van der Waals surface area contributed by atoms with Gasteiger partial charge in [-0.25, -0.2) is 4.68 Å². The summed E-state index contributed by atoms with van der Waals surface area (Å²) in [5, 5.41) is 8.67. The molecule has 0 saturated carbocycles. The van der Waals surface area contributed by atoms with E-state index in [1.54, 1.807) is 16.8 Å². The Bertz CT molecular complexity index is 751. The minimum Gasteiger partial charge on any atom is -0.296 e. The second kappa shape index (κ2) is 5.89. The average Bonchev–Trinajstić information content (AvgIpc) is 2.92. The van der Waals surface area contributed by atoms with Gasteiger partial charge >= 0.3 is 0 Å². The normalized spacial score (nSPS) is 10.5. The van der Waals surface area contributed by atoms with Crippen molar-refractivity contribution in [1.82, 2.24) is 15.0 Å². The molecule has 5 heteroatoms. The van der Waals surface area contributed by atoms with E-state index in [0.29, 0.717) is 17.1 Å². The number of hydrogen-bond donors (Lipinski definition) is 0. The SMILES string of the molecule is O=Cc1nnn(-c2ccc(Cl)cc2)c1Cc1ccccc1. The molecule has 0 amide bonds. The van der Waals surface area contributed by atoms with Crippen molar-refractivity contribution in [1.29, 1.82) is 0 Å². The van der Waals surface area contributed by atoms with Crippen LogP contribution in [0.1, 0.15) is 21.7 Å². The molecule has 104 valence electrons. The Morgan fingerprint density at radius 2 is 1.76 bits per heavy atom. The topological polar surface area (TPSA) is 47.8 Å². The van der Waals surface area contributed by atoms with Crippen LogP contribution in [0.15, 0.2) is 54.6 Å². The fourth-order valence-corrected chi connectivity index (χ4v) is 2.28. The first-order valence-corrected chi connectivity index (χ1v) is 6.85. The van der Waals surface area contributed by atoms with Crippen LogP contribution in [-0.4, -0.2) is 21.3 Å². The van der Waals surface area contributed by atoms with Gasteiger partial charge in [0.2, 0.25) is 0 Å². The van der Waals surface area contributed by atoms with Gasteiger partial charge in [-0.15, -0.1) is 5.10 Å². The van der Waals surface area contributed by atoms with Gasteiger partial charge in [0, 0.05) is 11.4 Å². The molecular formula is C16H12ClN3O. The van der Waals surface area contributed by atoms with Crippen molar-refractivity contribution in [2.24, 2.45) is 0 Å². The number of aromatic nitrogens is 3. The molecule has 3 aromatic rings. The molecule has 0 saturated heterocycles. The van der Waals surface area contributed by atoms with Gasteiger partial charge in [-0.2, -0.15) is 0 Å². The number of carbonyl (C=O) groups is 1. The molecule has 0 N–H and O–H groups in total. The van der Waals surface area contributed by atoms with Gasteiger partial charge < -0.3 is 0 Å². The van der Waals surface area contributed by atoms with Crippen LogP contribution < -0.4 is 0 Å². The van der Waals surface area contributed by atoms with Crippen molar-refractivity contribution in [3.05, 3.63) is 76.6 Å². The number of hydrogen-bond acceptors (Lipinski definition) is 3. The summed E-state index contributed by atoms with van der Waals surface area (Å²) >= 11 is 5.90. The Morgan fingerprint density at radius 1 is 1.05 bits per heavy atom. The molecule has 0 fully saturated rings. The zero-order valence-corrected chi connectivity index (χ0v) is 11.9. The Kier molecular flexibility index (Phi) is 3.79. The van der Waals surface area contributed by atoms with E-state index >= 15 is 0 Å². The molecule has 3 rings (SSSR count). The largest absolute Gasteiger partial charge is 0.296 e. The van der Waals surface area contributed by atoms with Crippen molar-refractivity contribution in [3.8, 4) is 5.69 Å². The van der Waals surface area contributed by atoms with E-state index in [1.807, 2.05) is 42.5 Å². The van der Waals surface area contributed by atoms with E-state index in [4.69, 9.17) is 11.6 Å². The summed E-state index contributed by atoms with van der Waals surface area (Å²) in [6.07, 6.45) is 1.32. The molecule has 1 aromatic heterocycles. The predicted octanol–water partition coefficient (Wildman–Crippen LogP) is 3.32. The fraction of sp³-hybridized carbons (Fsp3) is 0.0625. The van der Waals surface area contributed by atoms with E-state index in [9.17, 15) is 4.79 Å². The minimum absolute atomic E-state index is 0.355. The van der Waals surface area contributed by atoms with Crippen molar-refractivity contribution in [2.75, 3.05) is 0 Å². The second-order valence-electron chi connectivity index (χ2n) is 4.59. The lowest BCUT2D eigenvalue weighted by Gasteiger charge is -2.07. The summed E-state index contributed by atoms with van der Waals surface area (Å²) in [5.41, 5.74) is 3.04. The third kappa shape index (κ3) is 2.85. The quantitative estimate of drug-likeness (QED) is 0.694. The maximum atomic E-state index is 11.2. The monoisotopic (exact) mass is 297 g/mol. The van der Waals surface area contributed by atoms with E-state index in [1.165, 1.54) is 0 Å². The van der Waals surface area contributed by atoms with E-state index < -0.39 is 0 Å². The summed E-state index contributed by atoms with van der Waals surface area (Å²) in [6.45, 7) is 0. The van der Waals surface area contributed by atoms with Gasteiger partial charge in [-0.3, -0.25) is 4.79 Å². The van der Waals surface area contributed by atoms with E-state index in [-0.39, 0.29) is 0 Å². The van der Waals surface area contributed by atoms with Gasteiger partial charge in [0.1, 0.15) is 5.69 Å². The highest BCUT2D eigenvalue weighted by molar-refractivity contribution is 6.30. The summed E-state index contributed by atoms with van der Waals surface area (Å²) < 4.78 is 1.67. The number of benzene rings is 2. The molecule has 0 bridgehead atoms. The number of aldehydes is 1. The number of nitrogens with zero attached hydrogens (tertiary/aromatic N) is 3. The van der Waals surface area contributed by atoms with Crippen molar-refractivity contribution >= 4 is 17.9 Å². The first-order valence-electron chi connectivity index (χ1n) is 6.47. The van der Waals surface area contributed by atoms with E-state index in [2.05, 4.69) is 10.3 Å². The van der Waals surface area contributed by atoms with Crippen molar-refractivity contribution in [3.63, 3.8) is 0 Å². The van der Waals surface area contributed by atoms with Crippen LogP contribution >= 0.6 is 11.6 Å². The Morgan fingerprint density at radius 3 is 2.43 bits per heavy atom. The Hall–Kier alpha value is -2.46. The van der Waals surface area contributed by atoms with Gasteiger partial charge in [-0.05, 0) is 29.8 Å². The molecule has 0 atom stereocenters. The smallest absolute Gasteiger partial charge is 0.172 e. The molecule has 1 heterocycles. The lowest BCUT2D eigenvalue weighted by Crippen LogP contribution is -2.04. The van der Waals surface area contributed by atoms with Gasteiger partial charge in [0.15, 0.2) is 6.29 Å². The van der Waals surface area contributed by atoms with E-state index in [0.717, 1.165) is 23.2 Å². The third-order valence-electron chi connectivity index (χ3n) is 3.19. The van der Waals surface area contributed by atoms with Crippen LogP contribution in [0.3, 0.4) is 0 Å². The predicted molar refractivity (Wildman–Crippen MR) is 81.0 cm³/mol. The standard InChI is InChI=1S/C16H12ClN3O/c17-13-6-8-14(9-7-13)20-16(15(11-21)18-19-20)10-12-4-2-1-3-5-12/h1-9,11H,10H2. The van der Waals surface area contributed by atoms with Gasteiger partial charge in [0.05, 0.1) is 11.4 Å². The molecule has 4 nitrogen and oxygen atoms in total. The number of rotatable bonds is 4. The first-order chi connectivity index (χ1) is 10.3. The van der Waals surface area contributed by atoms with Gasteiger partial charge in [-0.1, -0.05) is 47.1 Å². The molecule has 0 unspecified atom stereocenters. The van der Waals surface area contributed by atoms with Crippen LogP contribution in [0.25, 0.3) is 5.69 Å².